The van der Waals surface area contributed by atoms with E-state index < -0.39 is 6.10 Å². The van der Waals surface area contributed by atoms with Gasteiger partial charge >= 0.3 is 0 Å². The minimum absolute atomic E-state index is 0.00229. The van der Waals surface area contributed by atoms with Crippen LogP contribution in [0.15, 0.2) is 91.0 Å². The lowest BCUT2D eigenvalue weighted by atomic mass is 9.97. The molecule has 37 heavy (non-hydrogen) atoms. The van der Waals surface area contributed by atoms with E-state index in [1.54, 1.807) is 0 Å². The van der Waals surface area contributed by atoms with Crippen molar-refractivity contribution in [1.29, 1.82) is 0 Å². The molecule has 3 rings (SSSR count). The normalized spacial score (nSPS) is 12.1. The van der Waals surface area contributed by atoms with Crippen LogP contribution in [0.25, 0.3) is 0 Å². The second kappa shape index (κ2) is 18.0. The predicted octanol–water partition coefficient (Wildman–Crippen LogP) is 4.79. The first-order valence-corrected chi connectivity index (χ1v) is 12.4. The summed E-state index contributed by atoms with van der Waals surface area (Å²) in [6.45, 7) is 7.49. The van der Waals surface area contributed by atoms with Crippen molar-refractivity contribution in [2.75, 3.05) is 13.1 Å². The van der Waals surface area contributed by atoms with Gasteiger partial charge in [-0.05, 0) is 35.6 Å². The Morgan fingerprint density at radius 2 is 1.14 bits per heavy atom. The first kappa shape index (κ1) is 29.8. The fourth-order valence-electron chi connectivity index (χ4n) is 3.98. The molecule has 0 saturated heterocycles. The molecule has 0 unspecified atom stereocenters. The van der Waals surface area contributed by atoms with E-state index in [2.05, 4.69) is 119 Å². The Labute approximate surface area is 220 Å². The summed E-state index contributed by atoms with van der Waals surface area (Å²) in [5.41, 5.74) is 3.78. The lowest BCUT2D eigenvalue weighted by molar-refractivity contribution is -0.188. The Morgan fingerprint density at radius 1 is 0.703 bits per heavy atom. The van der Waals surface area contributed by atoms with Gasteiger partial charge in [-0.3, -0.25) is 14.7 Å². The zero-order chi connectivity index (χ0) is 26.7. The minimum Gasteiger partial charge on any atom is -0.390 e. The molecule has 0 heterocycles. The molecule has 0 aliphatic rings. The van der Waals surface area contributed by atoms with Crippen molar-refractivity contribution < 1.29 is 25.4 Å². The van der Waals surface area contributed by atoms with Crippen molar-refractivity contribution in [3.05, 3.63) is 108 Å². The van der Waals surface area contributed by atoms with Crippen LogP contribution in [0.5, 0.6) is 0 Å². The zero-order valence-electron chi connectivity index (χ0n) is 21.5. The van der Waals surface area contributed by atoms with Crippen LogP contribution in [-0.2, 0) is 29.3 Å². The average molecular weight is 507 g/mol. The van der Waals surface area contributed by atoms with Gasteiger partial charge in [-0.15, -0.1) is 0 Å². The highest BCUT2D eigenvalue weighted by Gasteiger charge is 2.27. The van der Waals surface area contributed by atoms with E-state index in [0.717, 1.165) is 26.1 Å². The van der Waals surface area contributed by atoms with Gasteiger partial charge in [0.2, 0.25) is 12.2 Å². The third-order valence-corrected chi connectivity index (χ3v) is 5.70. The van der Waals surface area contributed by atoms with E-state index in [-0.39, 0.29) is 6.04 Å². The summed E-state index contributed by atoms with van der Waals surface area (Å²) in [6.07, 6.45) is 3.41. The molecule has 0 saturated carbocycles. The molecule has 7 nitrogen and oxygen atoms in total. The third kappa shape index (κ3) is 12.4. The number of aliphatic hydroxyl groups excluding tert-OH is 1. The molecule has 7 heteroatoms. The molecule has 4 N–H and O–H groups in total. The number of nitrogens with one attached hydrogen (secondary N) is 1. The van der Waals surface area contributed by atoms with E-state index in [9.17, 15) is 5.11 Å². The Hall–Kier alpha value is -3.38. The van der Waals surface area contributed by atoms with Crippen molar-refractivity contribution in [2.24, 2.45) is 5.92 Å². The molecule has 0 spiro atoms. The second-order valence-corrected chi connectivity index (χ2v) is 9.14. The first-order valence-electron chi connectivity index (χ1n) is 12.4. The summed E-state index contributed by atoms with van der Waals surface area (Å²) in [5, 5.41) is 29.4. The smallest absolute Gasteiger partial charge is 0.204 e. The van der Waals surface area contributed by atoms with E-state index in [4.69, 9.17) is 10.5 Å². The highest BCUT2D eigenvalue weighted by molar-refractivity contribution is 5.20. The number of aliphatic hydroxyl groups is 1. The Kier molecular flexibility index (Phi) is 14.5. The molecule has 0 amide bonds. The Balaban J connectivity index is 0.000000717. The maximum atomic E-state index is 11.3. The summed E-state index contributed by atoms with van der Waals surface area (Å²) in [4.78, 5) is 8.70. The van der Waals surface area contributed by atoms with Crippen LogP contribution in [0.3, 0.4) is 0 Å². The largest absolute Gasteiger partial charge is 0.390 e. The number of hydrogen-bond acceptors (Lipinski definition) is 7. The molecule has 198 valence electrons. The predicted molar refractivity (Wildman–Crippen MR) is 145 cm³/mol. The van der Waals surface area contributed by atoms with E-state index in [1.165, 1.54) is 28.9 Å². The number of nitrogens with zero attached hydrogens (tertiary/aromatic N) is 1. The topological polar surface area (TPSA) is 94.4 Å². The second-order valence-electron chi connectivity index (χ2n) is 9.14. The minimum atomic E-state index is -0.466. The van der Waals surface area contributed by atoms with Crippen LogP contribution in [0, 0.1) is 18.1 Å². The Bertz CT molecular complexity index is 974. The van der Waals surface area contributed by atoms with Crippen molar-refractivity contribution in [3.63, 3.8) is 0 Å². The van der Waals surface area contributed by atoms with Crippen LogP contribution in [-0.4, -0.2) is 45.8 Å². The fourth-order valence-corrected chi connectivity index (χ4v) is 3.98. The highest BCUT2D eigenvalue weighted by Crippen LogP contribution is 2.19. The molecule has 0 aliphatic carbocycles. The molecule has 0 bridgehead atoms. The van der Waals surface area contributed by atoms with Gasteiger partial charge < -0.3 is 10.4 Å². The lowest BCUT2D eigenvalue weighted by Gasteiger charge is -2.36. The van der Waals surface area contributed by atoms with Crippen molar-refractivity contribution >= 4 is 0 Å². The van der Waals surface area contributed by atoms with Gasteiger partial charge in [-0.25, -0.2) is 0 Å². The van der Waals surface area contributed by atoms with Crippen molar-refractivity contribution in [3.8, 4) is 12.2 Å². The summed E-state index contributed by atoms with van der Waals surface area (Å²) in [5.74, 6) is 0.560. The van der Waals surface area contributed by atoms with Gasteiger partial charge in [-0.1, -0.05) is 105 Å². The Morgan fingerprint density at radius 3 is 1.54 bits per heavy atom. The van der Waals surface area contributed by atoms with E-state index in [0.29, 0.717) is 12.5 Å². The maximum absolute atomic E-state index is 11.3. The molecule has 3 aromatic rings. The standard InChI is InChI=1S/C28H36N2O.C2H2O4/c1-23(2)19-29-20-28(31)27(18-24-12-6-3-7-13-24)30(21-25-14-8-4-9-15-25)22-26-16-10-5-11-17-26;3-5-1-2-6-4/h3-17,23,27-29,31H,18-22H2,1-2H3;3-4H/t27-,28+;/m0./s1. The lowest BCUT2D eigenvalue weighted by Crippen LogP contribution is -2.48. The summed E-state index contributed by atoms with van der Waals surface area (Å²) < 4.78 is 0. The van der Waals surface area contributed by atoms with Crippen LogP contribution in [0.1, 0.15) is 30.5 Å². The average Bonchev–Trinajstić information content (AvgIpc) is 2.92. The van der Waals surface area contributed by atoms with E-state index in [1.807, 2.05) is 6.07 Å². The quantitative estimate of drug-likeness (QED) is 0.159. The van der Waals surface area contributed by atoms with Crippen LogP contribution in [0.2, 0.25) is 0 Å². The van der Waals surface area contributed by atoms with Gasteiger partial charge in [0, 0.05) is 25.7 Å². The maximum Gasteiger partial charge on any atom is 0.204 e. The summed E-state index contributed by atoms with van der Waals surface area (Å²) in [7, 11) is 0. The highest BCUT2D eigenvalue weighted by atomic mass is 17.1. The SMILES string of the molecule is CC(C)CNC[C@@H](O)[C@H](Cc1ccccc1)N(Cc1ccccc1)Cc1ccccc1.OOC#COO. The van der Waals surface area contributed by atoms with Crippen LogP contribution < -0.4 is 5.32 Å². The molecule has 0 aliphatic heterocycles. The molecule has 0 fully saturated rings. The monoisotopic (exact) mass is 506 g/mol. The molecule has 2 atom stereocenters. The van der Waals surface area contributed by atoms with Crippen LogP contribution in [0.4, 0.5) is 0 Å². The fraction of sp³-hybridized carbons (Fsp3) is 0.333. The first-order chi connectivity index (χ1) is 18.0. The van der Waals surface area contributed by atoms with Gasteiger partial charge in [0.05, 0.1) is 6.10 Å². The molecule has 0 radical (unpaired) electrons. The molecule has 3 aromatic carbocycles. The number of benzene rings is 3. The van der Waals surface area contributed by atoms with Gasteiger partial charge in [0.1, 0.15) is 0 Å². The van der Waals surface area contributed by atoms with Crippen molar-refractivity contribution in [2.45, 2.75) is 45.5 Å². The zero-order valence-corrected chi connectivity index (χ0v) is 21.5. The van der Waals surface area contributed by atoms with Gasteiger partial charge in [0.25, 0.3) is 0 Å². The molecule has 0 aromatic heterocycles. The number of rotatable bonds is 12. The summed E-state index contributed by atoms with van der Waals surface area (Å²) in [6, 6.07) is 31.6. The van der Waals surface area contributed by atoms with Gasteiger partial charge in [0.15, 0.2) is 0 Å². The van der Waals surface area contributed by atoms with E-state index >= 15 is 0 Å². The summed E-state index contributed by atoms with van der Waals surface area (Å²) >= 11 is 0. The number of hydrogen-bond donors (Lipinski definition) is 4. The van der Waals surface area contributed by atoms with Gasteiger partial charge in [-0.2, -0.15) is 10.5 Å². The molecular formula is C30H38N2O5. The van der Waals surface area contributed by atoms with Crippen LogP contribution >= 0.6 is 0 Å². The molecular weight excluding hydrogens is 468 g/mol. The third-order valence-electron chi connectivity index (χ3n) is 5.70. The van der Waals surface area contributed by atoms with Crippen molar-refractivity contribution in [1.82, 2.24) is 10.2 Å².